The SMILES string of the molecule is Cc1c(F)ccc(C(C)(C)C)c1C.Cc1c(F)ccc(C(C)(C)C)c1F. The van der Waals surface area contributed by atoms with Crippen LogP contribution in [0.5, 0.6) is 0 Å². The highest BCUT2D eigenvalue weighted by Crippen LogP contribution is 2.28. The Morgan fingerprint density at radius 3 is 1.35 bits per heavy atom. The minimum absolute atomic E-state index is 0.0997. The highest BCUT2D eigenvalue weighted by atomic mass is 19.1. The Hall–Kier alpha value is -1.77. The molecule has 144 valence electrons. The first kappa shape index (κ1) is 22.3. The minimum atomic E-state index is -0.481. The molecule has 0 heterocycles. The molecule has 0 fully saturated rings. The minimum Gasteiger partial charge on any atom is -0.207 e. The Labute approximate surface area is 156 Å². The molecule has 0 bridgehead atoms. The first-order chi connectivity index (χ1) is 11.7. The van der Waals surface area contributed by atoms with Gasteiger partial charge in [-0.1, -0.05) is 53.7 Å². The summed E-state index contributed by atoms with van der Waals surface area (Å²) >= 11 is 0. The van der Waals surface area contributed by atoms with Crippen LogP contribution in [0.15, 0.2) is 24.3 Å². The van der Waals surface area contributed by atoms with Gasteiger partial charge in [-0.15, -0.1) is 0 Å². The smallest absolute Gasteiger partial charge is 0.132 e. The highest BCUT2D eigenvalue weighted by Gasteiger charge is 2.20. The van der Waals surface area contributed by atoms with Crippen molar-refractivity contribution < 1.29 is 13.2 Å². The molecule has 0 radical (unpaired) electrons. The normalized spacial score (nSPS) is 11.8. The molecule has 0 aliphatic carbocycles. The number of benzene rings is 2. The zero-order valence-corrected chi connectivity index (χ0v) is 17.4. The molecule has 0 aliphatic heterocycles. The lowest BCUT2D eigenvalue weighted by atomic mass is 9.83. The van der Waals surface area contributed by atoms with Crippen LogP contribution in [0.3, 0.4) is 0 Å². The fourth-order valence-electron chi connectivity index (χ4n) is 2.84. The van der Waals surface area contributed by atoms with Gasteiger partial charge in [-0.25, -0.2) is 13.2 Å². The average molecular weight is 364 g/mol. The molecule has 0 nitrogen and oxygen atoms in total. The molecular formula is C23H31F3. The van der Waals surface area contributed by atoms with E-state index in [4.69, 9.17) is 0 Å². The van der Waals surface area contributed by atoms with Crippen molar-refractivity contribution in [1.29, 1.82) is 0 Å². The summed E-state index contributed by atoms with van der Waals surface area (Å²) in [6.07, 6.45) is 0. The zero-order valence-electron chi connectivity index (χ0n) is 17.4. The van der Waals surface area contributed by atoms with Crippen molar-refractivity contribution in [2.45, 2.75) is 73.1 Å². The topological polar surface area (TPSA) is 0 Å². The Kier molecular flexibility index (Phi) is 6.73. The third kappa shape index (κ3) is 5.12. The lowest BCUT2D eigenvalue weighted by Gasteiger charge is -2.22. The maximum atomic E-state index is 13.5. The quantitative estimate of drug-likeness (QED) is 0.460. The van der Waals surface area contributed by atoms with Crippen molar-refractivity contribution in [2.75, 3.05) is 0 Å². The molecule has 0 aliphatic rings. The number of rotatable bonds is 0. The van der Waals surface area contributed by atoms with Crippen LogP contribution in [-0.2, 0) is 10.8 Å². The molecule has 3 heteroatoms. The zero-order chi connectivity index (χ0) is 20.4. The van der Waals surface area contributed by atoms with Gasteiger partial charge in [0, 0.05) is 5.56 Å². The van der Waals surface area contributed by atoms with Crippen molar-refractivity contribution in [3.8, 4) is 0 Å². The first-order valence-electron chi connectivity index (χ1n) is 8.89. The van der Waals surface area contributed by atoms with E-state index in [0.717, 1.165) is 11.1 Å². The first-order valence-corrected chi connectivity index (χ1v) is 8.89. The lowest BCUT2D eigenvalue weighted by molar-refractivity contribution is 0.503. The number of hydrogen-bond acceptors (Lipinski definition) is 0. The van der Waals surface area contributed by atoms with Gasteiger partial charge in [0.15, 0.2) is 0 Å². The fraction of sp³-hybridized carbons (Fsp3) is 0.478. The molecule has 0 unspecified atom stereocenters. The summed E-state index contributed by atoms with van der Waals surface area (Å²) in [6.45, 7) is 17.4. The van der Waals surface area contributed by atoms with E-state index >= 15 is 0 Å². The third-order valence-corrected chi connectivity index (χ3v) is 4.66. The van der Waals surface area contributed by atoms with Gasteiger partial charge in [0.05, 0.1) is 0 Å². The summed E-state index contributed by atoms with van der Waals surface area (Å²) in [5.74, 6) is -1.01. The molecular weight excluding hydrogens is 333 g/mol. The van der Waals surface area contributed by atoms with Gasteiger partial charge < -0.3 is 0 Å². The molecule has 0 spiro atoms. The van der Waals surface area contributed by atoms with Crippen LogP contribution in [0.1, 0.15) is 69.4 Å². The second kappa shape index (κ2) is 7.85. The number of hydrogen-bond donors (Lipinski definition) is 0. The van der Waals surface area contributed by atoms with E-state index in [-0.39, 0.29) is 22.2 Å². The van der Waals surface area contributed by atoms with E-state index in [0.29, 0.717) is 5.56 Å². The molecule has 26 heavy (non-hydrogen) atoms. The van der Waals surface area contributed by atoms with Gasteiger partial charge in [-0.05, 0) is 66.0 Å². The van der Waals surface area contributed by atoms with Crippen molar-refractivity contribution in [3.05, 3.63) is 69.5 Å². The van der Waals surface area contributed by atoms with E-state index in [1.165, 1.54) is 24.6 Å². The van der Waals surface area contributed by atoms with Gasteiger partial charge in [0.1, 0.15) is 17.5 Å². The summed E-state index contributed by atoms with van der Waals surface area (Å²) < 4.78 is 39.6. The number of halogens is 3. The monoisotopic (exact) mass is 364 g/mol. The van der Waals surface area contributed by atoms with E-state index in [1.807, 2.05) is 40.7 Å². The second-order valence-corrected chi connectivity index (χ2v) is 8.88. The Balaban J connectivity index is 0.000000260. The van der Waals surface area contributed by atoms with Gasteiger partial charge in [-0.2, -0.15) is 0 Å². The predicted octanol–water partition coefficient (Wildman–Crippen LogP) is 7.31. The molecule has 0 saturated heterocycles. The summed E-state index contributed by atoms with van der Waals surface area (Å²) in [4.78, 5) is 0. The Morgan fingerprint density at radius 2 is 0.923 bits per heavy atom. The molecule has 0 atom stereocenters. The second-order valence-electron chi connectivity index (χ2n) is 8.88. The molecule has 0 N–H and O–H groups in total. The van der Waals surface area contributed by atoms with Crippen LogP contribution in [0.2, 0.25) is 0 Å². The largest absolute Gasteiger partial charge is 0.207 e. The van der Waals surface area contributed by atoms with Crippen LogP contribution in [-0.4, -0.2) is 0 Å². The van der Waals surface area contributed by atoms with Crippen molar-refractivity contribution in [3.63, 3.8) is 0 Å². The van der Waals surface area contributed by atoms with Crippen molar-refractivity contribution >= 4 is 0 Å². The van der Waals surface area contributed by atoms with Gasteiger partial charge in [-0.3, -0.25) is 0 Å². The molecule has 2 rings (SSSR count). The summed E-state index contributed by atoms with van der Waals surface area (Å²) in [6, 6.07) is 6.28. The summed E-state index contributed by atoms with van der Waals surface area (Å²) in [5, 5.41) is 0. The van der Waals surface area contributed by atoms with Crippen LogP contribution in [0.4, 0.5) is 13.2 Å². The van der Waals surface area contributed by atoms with E-state index in [9.17, 15) is 13.2 Å². The Bertz CT molecular complexity index is 708. The standard InChI is InChI=1S/C12H17F.C11H14F2/c1-8-9(2)11(13)7-6-10(8)12(3,4)5;1-7-9(12)6-5-8(10(7)13)11(2,3)4/h6-7H,1-5H3;5-6H,1-4H3. The van der Waals surface area contributed by atoms with Crippen LogP contribution < -0.4 is 0 Å². The molecule has 0 saturated carbocycles. The Morgan fingerprint density at radius 1 is 0.538 bits per heavy atom. The molecule has 2 aromatic carbocycles. The highest BCUT2D eigenvalue weighted by molar-refractivity contribution is 5.38. The van der Waals surface area contributed by atoms with Crippen LogP contribution in [0.25, 0.3) is 0 Å². The molecule has 2 aromatic rings. The van der Waals surface area contributed by atoms with Gasteiger partial charge >= 0.3 is 0 Å². The fourth-order valence-corrected chi connectivity index (χ4v) is 2.84. The maximum Gasteiger partial charge on any atom is 0.132 e. The molecule has 0 aromatic heterocycles. The summed E-state index contributed by atoms with van der Waals surface area (Å²) in [5.41, 5.74) is 3.57. The van der Waals surface area contributed by atoms with Crippen molar-refractivity contribution in [1.82, 2.24) is 0 Å². The van der Waals surface area contributed by atoms with Gasteiger partial charge in [0.25, 0.3) is 0 Å². The van der Waals surface area contributed by atoms with Crippen molar-refractivity contribution in [2.24, 2.45) is 0 Å². The third-order valence-electron chi connectivity index (χ3n) is 4.66. The van der Waals surface area contributed by atoms with Gasteiger partial charge in [0.2, 0.25) is 0 Å². The predicted molar refractivity (Wildman–Crippen MR) is 104 cm³/mol. The van der Waals surface area contributed by atoms with E-state index in [2.05, 4.69) is 20.8 Å². The van der Waals surface area contributed by atoms with Crippen LogP contribution >= 0.6 is 0 Å². The summed E-state index contributed by atoms with van der Waals surface area (Å²) in [7, 11) is 0. The maximum absolute atomic E-state index is 13.5. The lowest BCUT2D eigenvalue weighted by Crippen LogP contribution is -2.14. The average Bonchev–Trinajstić information content (AvgIpc) is 2.48. The van der Waals surface area contributed by atoms with Crippen LogP contribution in [0, 0.1) is 38.2 Å². The molecule has 0 amide bonds. The van der Waals surface area contributed by atoms with E-state index < -0.39 is 11.6 Å². The van der Waals surface area contributed by atoms with E-state index in [1.54, 1.807) is 6.07 Å².